The van der Waals surface area contributed by atoms with Crippen LogP contribution in [-0.4, -0.2) is 17.7 Å². The first-order chi connectivity index (χ1) is 5.79. The van der Waals surface area contributed by atoms with Crippen molar-refractivity contribution in [3.63, 3.8) is 0 Å². The maximum Gasteiger partial charge on any atom is 0.337 e. The summed E-state index contributed by atoms with van der Waals surface area (Å²) in [5.41, 5.74) is 0.549. The van der Waals surface area contributed by atoms with Crippen molar-refractivity contribution in [2.45, 2.75) is 25.7 Å². The molecule has 2 rings (SSSR count). The molecule has 0 amide bonds. The topological polar surface area (TPSA) is 46.5 Å². The number of esters is 1. The largest absolute Gasteiger partial charge is 0.512 e. The minimum Gasteiger partial charge on any atom is -0.512 e. The Kier molecular flexibility index (Phi) is 1.79. The number of hydrogen-bond acceptors (Lipinski definition) is 3. The number of aliphatic hydroxyl groups is 1. The van der Waals surface area contributed by atoms with Gasteiger partial charge in [-0.2, -0.15) is 0 Å². The van der Waals surface area contributed by atoms with Gasteiger partial charge < -0.3 is 9.84 Å². The summed E-state index contributed by atoms with van der Waals surface area (Å²) >= 11 is 0. The third kappa shape index (κ3) is 1.09. The van der Waals surface area contributed by atoms with Crippen LogP contribution in [0.2, 0.25) is 0 Å². The Morgan fingerprint density at radius 3 is 3.00 bits per heavy atom. The summed E-state index contributed by atoms with van der Waals surface area (Å²) < 4.78 is 4.86. The molecule has 0 aromatic rings. The van der Waals surface area contributed by atoms with Crippen molar-refractivity contribution in [2.75, 3.05) is 6.61 Å². The lowest BCUT2D eigenvalue weighted by atomic mass is 9.83. The molecule has 0 radical (unpaired) electrons. The Balaban J connectivity index is 2.32. The minimum absolute atomic E-state index is 0.260. The zero-order chi connectivity index (χ0) is 8.55. The summed E-state index contributed by atoms with van der Waals surface area (Å²) in [6.07, 6.45) is 3.54. The number of carbonyl (C=O) groups excluding carboxylic acids is 1. The number of fused-ring (bicyclic) bond motifs is 1. The van der Waals surface area contributed by atoms with Crippen LogP contribution < -0.4 is 0 Å². The van der Waals surface area contributed by atoms with Crippen molar-refractivity contribution >= 4 is 5.97 Å². The fourth-order valence-corrected chi connectivity index (χ4v) is 1.98. The molecule has 66 valence electrons. The minimum atomic E-state index is -0.302. The van der Waals surface area contributed by atoms with Crippen LogP contribution in [0.4, 0.5) is 0 Å². The average Bonchev–Trinajstić information content (AvgIpc) is 2.04. The van der Waals surface area contributed by atoms with Gasteiger partial charge in [0, 0.05) is 6.42 Å². The van der Waals surface area contributed by atoms with Crippen molar-refractivity contribution in [3.8, 4) is 0 Å². The van der Waals surface area contributed by atoms with E-state index in [2.05, 4.69) is 0 Å². The van der Waals surface area contributed by atoms with E-state index in [0.29, 0.717) is 18.6 Å². The molecule has 1 aliphatic carbocycles. The lowest BCUT2D eigenvalue weighted by molar-refractivity contribution is -0.143. The number of aliphatic hydroxyl groups excluding tert-OH is 1. The highest BCUT2D eigenvalue weighted by atomic mass is 16.5. The Morgan fingerprint density at radius 2 is 2.25 bits per heavy atom. The van der Waals surface area contributed by atoms with Crippen LogP contribution in [0.5, 0.6) is 0 Å². The van der Waals surface area contributed by atoms with Crippen molar-refractivity contribution in [1.29, 1.82) is 0 Å². The third-order valence-corrected chi connectivity index (χ3v) is 2.60. The van der Waals surface area contributed by atoms with E-state index in [9.17, 15) is 9.90 Å². The van der Waals surface area contributed by atoms with Gasteiger partial charge in [-0.3, -0.25) is 0 Å². The molecule has 1 atom stereocenters. The molecule has 3 nitrogen and oxygen atoms in total. The molecule has 3 heteroatoms. The zero-order valence-corrected chi connectivity index (χ0v) is 6.88. The molecule has 2 aliphatic rings. The molecule has 0 spiro atoms. The predicted molar refractivity (Wildman–Crippen MR) is 42.6 cm³/mol. The molecule has 1 N–H and O–H groups in total. The Morgan fingerprint density at radius 1 is 1.42 bits per heavy atom. The van der Waals surface area contributed by atoms with Gasteiger partial charge in [0.05, 0.1) is 12.2 Å². The maximum absolute atomic E-state index is 11.2. The van der Waals surface area contributed by atoms with E-state index in [4.69, 9.17) is 4.74 Å². The molecule has 0 aromatic carbocycles. The van der Waals surface area contributed by atoms with Crippen LogP contribution in [0.25, 0.3) is 0 Å². The highest BCUT2D eigenvalue weighted by molar-refractivity contribution is 5.90. The van der Waals surface area contributed by atoms with Gasteiger partial charge in [0.15, 0.2) is 0 Å². The maximum atomic E-state index is 11.2. The van der Waals surface area contributed by atoms with E-state index < -0.39 is 0 Å². The van der Waals surface area contributed by atoms with Crippen molar-refractivity contribution in [1.82, 2.24) is 0 Å². The first-order valence-corrected chi connectivity index (χ1v) is 4.38. The first-order valence-electron chi connectivity index (χ1n) is 4.38. The van der Waals surface area contributed by atoms with Crippen molar-refractivity contribution < 1.29 is 14.6 Å². The standard InChI is InChI=1S/C9H12O3/c10-7-3-1-2-6-4-5-12-9(11)8(6)7/h6,10H,1-5H2. The zero-order valence-electron chi connectivity index (χ0n) is 6.88. The molecule has 1 saturated heterocycles. The highest BCUT2D eigenvalue weighted by Crippen LogP contribution is 2.34. The molecule has 0 saturated carbocycles. The number of carbonyl (C=O) groups is 1. The average molecular weight is 168 g/mol. The molecule has 1 unspecified atom stereocenters. The molecule has 12 heavy (non-hydrogen) atoms. The van der Waals surface area contributed by atoms with E-state index >= 15 is 0 Å². The first kappa shape index (κ1) is 7.65. The SMILES string of the molecule is O=C1OCCC2CCCC(O)=C12. The lowest BCUT2D eigenvalue weighted by Gasteiger charge is -2.28. The van der Waals surface area contributed by atoms with E-state index in [1.807, 2.05) is 0 Å². The Labute approximate surface area is 71.0 Å². The Bertz CT molecular complexity index is 242. The predicted octanol–water partition coefficient (Wildman–Crippen LogP) is 1.55. The van der Waals surface area contributed by atoms with Crippen LogP contribution in [0, 0.1) is 5.92 Å². The molecule has 0 bridgehead atoms. The number of cyclic esters (lactones) is 1. The lowest BCUT2D eigenvalue weighted by Crippen LogP contribution is -2.28. The highest BCUT2D eigenvalue weighted by Gasteiger charge is 2.32. The van der Waals surface area contributed by atoms with Gasteiger partial charge in [-0.25, -0.2) is 4.79 Å². The summed E-state index contributed by atoms with van der Waals surface area (Å²) in [7, 11) is 0. The fraction of sp³-hybridized carbons (Fsp3) is 0.667. The number of hydrogen-bond donors (Lipinski definition) is 1. The Hall–Kier alpha value is -0.990. The summed E-state index contributed by atoms with van der Waals surface area (Å²) in [4.78, 5) is 11.2. The third-order valence-electron chi connectivity index (χ3n) is 2.60. The molecule has 1 fully saturated rings. The van der Waals surface area contributed by atoms with Gasteiger partial charge in [0.25, 0.3) is 0 Å². The quantitative estimate of drug-likeness (QED) is 0.558. The summed E-state index contributed by atoms with van der Waals surface area (Å²) in [6.45, 7) is 0.514. The second-order valence-corrected chi connectivity index (χ2v) is 3.37. The number of ether oxygens (including phenoxy) is 1. The van der Waals surface area contributed by atoms with Crippen molar-refractivity contribution in [2.24, 2.45) is 5.92 Å². The van der Waals surface area contributed by atoms with Gasteiger partial charge in [0.1, 0.15) is 5.76 Å². The van der Waals surface area contributed by atoms with Crippen LogP contribution in [0.15, 0.2) is 11.3 Å². The number of rotatable bonds is 0. The normalized spacial score (nSPS) is 29.7. The van der Waals surface area contributed by atoms with Gasteiger partial charge in [-0.05, 0) is 25.2 Å². The van der Waals surface area contributed by atoms with Crippen LogP contribution in [0.3, 0.4) is 0 Å². The monoisotopic (exact) mass is 168 g/mol. The van der Waals surface area contributed by atoms with Crippen LogP contribution in [0.1, 0.15) is 25.7 Å². The van der Waals surface area contributed by atoms with Gasteiger partial charge >= 0.3 is 5.97 Å². The van der Waals surface area contributed by atoms with Gasteiger partial charge in [-0.1, -0.05) is 0 Å². The van der Waals surface area contributed by atoms with E-state index in [-0.39, 0.29) is 17.6 Å². The second kappa shape index (κ2) is 2.81. The van der Waals surface area contributed by atoms with Crippen LogP contribution >= 0.6 is 0 Å². The van der Waals surface area contributed by atoms with Gasteiger partial charge in [0.2, 0.25) is 0 Å². The summed E-state index contributed by atoms with van der Waals surface area (Å²) in [5.74, 6) is 0.222. The van der Waals surface area contributed by atoms with Crippen molar-refractivity contribution in [3.05, 3.63) is 11.3 Å². The molecular formula is C9H12O3. The molecule has 1 aliphatic heterocycles. The second-order valence-electron chi connectivity index (χ2n) is 3.37. The molecular weight excluding hydrogens is 156 g/mol. The summed E-state index contributed by atoms with van der Waals surface area (Å²) in [6, 6.07) is 0. The van der Waals surface area contributed by atoms with Crippen LogP contribution in [-0.2, 0) is 9.53 Å². The molecule has 1 heterocycles. The smallest absolute Gasteiger partial charge is 0.337 e. The summed E-state index contributed by atoms with van der Waals surface area (Å²) in [5, 5.41) is 9.45. The van der Waals surface area contributed by atoms with Gasteiger partial charge in [-0.15, -0.1) is 0 Å². The molecule has 0 aromatic heterocycles. The van der Waals surface area contributed by atoms with E-state index in [1.54, 1.807) is 0 Å². The van der Waals surface area contributed by atoms with E-state index in [0.717, 1.165) is 19.3 Å². The fourth-order valence-electron chi connectivity index (χ4n) is 1.98. The number of allylic oxidation sites excluding steroid dienone is 1. The van der Waals surface area contributed by atoms with E-state index in [1.165, 1.54) is 0 Å².